The highest BCUT2D eigenvalue weighted by Gasteiger charge is 2.26. The van der Waals surface area contributed by atoms with Crippen molar-refractivity contribution in [2.45, 2.75) is 23.2 Å². The van der Waals surface area contributed by atoms with Crippen LogP contribution in [0.3, 0.4) is 0 Å². The van der Waals surface area contributed by atoms with E-state index in [-0.39, 0.29) is 5.37 Å². The number of aromatic nitrogens is 1. The van der Waals surface area contributed by atoms with Crippen molar-refractivity contribution in [1.29, 1.82) is 0 Å². The smallest absolute Gasteiger partial charge is 0.243 e. The average molecular weight is 325 g/mol. The van der Waals surface area contributed by atoms with E-state index < -0.39 is 10.0 Å². The van der Waals surface area contributed by atoms with E-state index in [9.17, 15) is 8.42 Å². The summed E-state index contributed by atoms with van der Waals surface area (Å²) < 4.78 is 29.9. The van der Waals surface area contributed by atoms with Gasteiger partial charge in [0, 0.05) is 42.5 Å². The van der Waals surface area contributed by atoms with E-state index in [1.807, 2.05) is 35.9 Å². The third-order valence-electron chi connectivity index (χ3n) is 3.64. The number of fused-ring (bicyclic) bond motifs is 1. The monoisotopic (exact) mass is 325 g/mol. The second-order valence-corrected chi connectivity index (χ2v) is 8.29. The Kier molecular flexibility index (Phi) is 4.00. The van der Waals surface area contributed by atoms with Crippen LogP contribution in [0.2, 0.25) is 0 Å². The largest absolute Gasteiger partial charge is 0.349 e. The van der Waals surface area contributed by atoms with Crippen molar-refractivity contribution in [1.82, 2.24) is 14.6 Å². The molecule has 1 aliphatic heterocycles. The van der Waals surface area contributed by atoms with Crippen LogP contribution in [-0.2, 0) is 17.1 Å². The topological polar surface area (TPSA) is 63.1 Å². The summed E-state index contributed by atoms with van der Waals surface area (Å²) in [6.07, 6.45) is 1.68. The molecule has 3 rings (SSSR count). The zero-order valence-corrected chi connectivity index (χ0v) is 13.7. The normalized spacial score (nSPS) is 23.5. The molecule has 0 amide bonds. The van der Waals surface area contributed by atoms with Gasteiger partial charge in [-0.25, -0.2) is 8.42 Å². The molecule has 114 valence electrons. The molecule has 5 nitrogen and oxygen atoms in total. The molecule has 21 heavy (non-hydrogen) atoms. The minimum absolute atomic E-state index is 0.120. The van der Waals surface area contributed by atoms with Crippen molar-refractivity contribution in [2.24, 2.45) is 7.05 Å². The Morgan fingerprint density at radius 1 is 1.38 bits per heavy atom. The number of thioether (sulfide) groups is 1. The van der Waals surface area contributed by atoms with Gasteiger partial charge < -0.3 is 9.88 Å². The van der Waals surface area contributed by atoms with Crippen molar-refractivity contribution in [3.63, 3.8) is 0 Å². The Bertz CT molecular complexity index is 747. The molecule has 1 aromatic carbocycles. The molecule has 2 unspecified atom stereocenters. The molecule has 0 bridgehead atoms. The SMILES string of the molecule is CC1CSC(NS(=O)(=O)c2cn(C)c3ccccc23)CN1. The first-order valence-electron chi connectivity index (χ1n) is 6.89. The fourth-order valence-electron chi connectivity index (χ4n) is 2.52. The van der Waals surface area contributed by atoms with Crippen LogP contribution < -0.4 is 10.0 Å². The quantitative estimate of drug-likeness (QED) is 0.898. The first kappa shape index (κ1) is 14.9. The van der Waals surface area contributed by atoms with Gasteiger partial charge in [0.15, 0.2) is 0 Å². The molecular formula is C14H19N3O2S2. The molecule has 0 saturated carbocycles. The highest BCUT2D eigenvalue weighted by atomic mass is 32.2. The maximum Gasteiger partial charge on any atom is 0.243 e. The van der Waals surface area contributed by atoms with Crippen LogP contribution in [0.1, 0.15) is 6.92 Å². The number of sulfonamides is 1. The van der Waals surface area contributed by atoms with Crippen LogP contribution >= 0.6 is 11.8 Å². The average Bonchev–Trinajstić information content (AvgIpc) is 2.80. The minimum atomic E-state index is -3.51. The molecular weight excluding hydrogens is 306 g/mol. The number of nitrogens with zero attached hydrogens (tertiary/aromatic N) is 1. The maximum atomic E-state index is 12.6. The zero-order valence-electron chi connectivity index (χ0n) is 12.0. The summed E-state index contributed by atoms with van der Waals surface area (Å²) in [5.74, 6) is 0.905. The number of nitrogens with one attached hydrogen (secondary N) is 2. The Balaban J connectivity index is 1.90. The second kappa shape index (κ2) is 5.64. The third-order valence-corrected chi connectivity index (χ3v) is 6.66. The van der Waals surface area contributed by atoms with E-state index in [0.29, 0.717) is 17.5 Å². The van der Waals surface area contributed by atoms with Gasteiger partial charge in [0.25, 0.3) is 0 Å². The molecule has 1 saturated heterocycles. The summed E-state index contributed by atoms with van der Waals surface area (Å²) in [6, 6.07) is 7.97. The van der Waals surface area contributed by atoms with Crippen molar-refractivity contribution in [2.75, 3.05) is 12.3 Å². The second-order valence-electron chi connectivity index (χ2n) is 5.37. The van der Waals surface area contributed by atoms with Crippen molar-refractivity contribution >= 4 is 32.7 Å². The lowest BCUT2D eigenvalue weighted by Gasteiger charge is -2.27. The summed E-state index contributed by atoms with van der Waals surface area (Å²) >= 11 is 1.65. The highest BCUT2D eigenvalue weighted by molar-refractivity contribution is 8.01. The molecule has 1 aliphatic rings. The molecule has 0 radical (unpaired) electrons. The van der Waals surface area contributed by atoms with Gasteiger partial charge in [-0.2, -0.15) is 4.72 Å². The minimum Gasteiger partial charge on any atom is -0.349 e. The molecule has 0 spiro atoms. The van der Waals surface area contributed by atoms with E-state index >= 15 is 0 Å². The van der Waals surface area contributed by atoms with Gasteiger partial charge in [-0.15, -0.1) is 11.8 Å². The van der Waals surface area contributed by atoms with Crippen molar-refractivity contribution < 1.29 is 8.42 Å². The first-order valence-corrected chi connectivity index (χ1v) is 9.42. The molecule has 2 heterocycles. The molecule has 7 heteroatoms. The fraction of sp³-hybridized carbons (Fsp3) is 0.429. The van der Waals surface area contributed by atoms with Crippen molar-refractivity contribution in [3.8, 4) is 0 Å². The van der Waals surface area contributed by atoms with E-state index in [0.717, 1.165) is 16.7 Å². The molecule has 2 N–H and O–H groups in total. The van der Waals surface area contributed by atoms with E-state index in [1.165, 1.54) is 0 Å². The summed E-state index contributed by atoms with van der Waals surface area (Å²) in [5.41, 5.74) is 0.918. The molecule has 2 atom stereocenters. The van der Waals surface area contributed by atoms with Crippen molar-refractivity contribution in [3.05, 3.63) is 30.5 Å². The Morgan fingerprint density at radius 2 is 2.14 bits per heavy atom. The number of para-hydroxylation sites is 1. The Morgan fingerprint density at radius 3 is 2.86 bits per heavy atom. The Labute approximate surface area is 129 Å². The van der Waals surface area contributed by atoms with Crippen LogP contribution in [0, 0.1) is 0 Å². The van der Waals surface area contributed by atoms with Gasteiger partial charge >= 0.3 is 0 Å². The van der Waals surface area contributed by atoms with E-state index in [4.69, 9.17) is 0 Å². The van der Waals surface area contributed by atoms with Gasteiger partial charge in [-0.3, -0.25) is 0 Å². The van der Waals surface area contributed by atoms with Gasteiger partial charge in [0.1, 0.15) is 4.90 Å². The van der Waals surface area contributed by atoms with Gasteiger partial charge in [0.05, 0.1) is 5.37 Å². The molecule has 0 aliphatic carbocycles. The van der Waals surface area contributed by atoms with Crippen LogP contribution in [0.4, 0.5) is 0 Å². The summed E-state index contributed by atoms with van der Waals surface area (Å²) in [6.45, 7) is 2.75. The fourth-order valence-corrected chi connectivity index (χ4v) is 5.34. The molecule has 1 fully saturated rings. The van der Waals surface area contributed by atoms with E-state index in [1.54, 1.807) is 18.0 Å². The zero-order chi connectivity index (χ0) is 15.0. The van der Waals surface area contributed by atoms with Crippen LogP contribution in [0.5, 0.6) is 0 Å². The number of hydrogen-bond donors (Lipinski definition) is 2. The summed E-state index contributed by atoms with van der Waals surface area (Å²) in [5, 5.41) is 3.93. The van der Waals surface area contributed by atoms with Crippen LogP contribution in [0.25, 0.3) is 10.9 Å². The molecule has 2 aromatic rings. The first-order chi connectivity index (χ1) is 9.97. The van der Waals surface area contributed by atoms with Gasteiger partial charge in [-0.05, 0) is 13.0 Å². The third kappa shape index (κ3) is 2.96. The maximum absolute atomic E-state index is 12.6. The van der Waals surface area contributed by atoms with Gasteiger partial charge in [-0.1, -0.05) is 18.2 Å². The number of aryl methyl sites for hydroxylation is 1. The standard InChI is InChI=1S/C14H19N3O2S2/c1-10-9-20-14(7-15-10)16-21(18,19)13-8-17(2)12-6-4-3-5-11(12)13/h3-6,8,10,14-16H,7,9H2,1-2H3. The van der Waals surface area contributed by atoms with Crippen LogP contribution in [-0.4, -0.2) is 36.7 Å². The molecule has 1 aromatic heterocycles. The lowest BCUT2D eigenvalue weighted by Crippen LogP contribution is -2.47. The lowest BCUT2D eigenvalue weighted by molar-refractivity contribution is 0.537. The van der Waals surface area contributed by atoms with Gasteiger partial charge in [0.2, 0.25) is 10.0 Å². The number of benzene rings is 1. The van der Waals surface area contributed by atoms with Crippen LogP contribution in [0.15, 0.2) is 35.4 Å². The van der Waals surface area contributed by atoms with E-state index in [2.05, 4.69) is 17.0 Å². The Hall–Kier alpha value is -1.02. The summed E-state index contributed by atoms with van der Waals surface area (Å²) in [7, 11) is -1.65. The number of rotatable bonds is 3. The predicted molar refractivity (Wildman–Crippen MR) is 87.0 cm³/mol. The predicted octanol–water partition coefficient (Wildman–Crippen LogP) is 1.51. The lowest BCUT2D eigenvalue weighted by atomic mass is 10.2. The number of hydrogen-bond acceptors (Lipinski definition) is 4. The summed E-state index contributed by atoms with van der Waals surface area (Å²) in [4.78, 5) is 0.347. The highest BCUT2D eigenvalue weighted by Crippen LogP contribution is 2.25.